The molecule has 0 heterocycles. The molecule has 0 rings (SSSR count). The van der Waals surface area contributed by atoms with E-state index in [9.17, 15) is 19.5 Å². The number of rotatable bonds is 7. The Morgan fingerprint density at radius 1 is 1.22 bits per heavy atom. The third kappa shape index (κ3) is 3.90. The molecule has 0 unspecified atom stereocenters. The van der Waals surface area contributed by atoms with Crippen molar-refractivity contribution in [1.82, 2.24) is 10.2 Å². The average Bonchev–Trinajstić information content (AvgIpc) is 2.32. The number of aliphatic carboxylic acids is 1. The summed E-state index contributed by atoms with van der Waals surface area (Å²) in [7, 11) is 0. The molecule has 0 fully saturated rings. The van der Waals surface area contributed by atoms with Gasteiger partial charge in [-0.25, -0.2) is 9.59 Å². The molecule has 0 spiro atoms. The van der Waals surface area contributed by atoms with Gasteiger partial charge in [0.15, 0.2) is 0 Å². The van der Waals surface area contributed by atoms with Crippen LogP contribution in [0.4, 0.5) is 4.79 Å². The van der Waals surface area contributed by atoms with Crippen molar-refractivity contribution >= 4 is 17.9 Å². The second-order valence-electron chi connectivity index (χ2n) is 4.01. The second kappa shape index (κ2) is 6.83. The molecule has 0 aliphatic heterocycles. The first-order valence-electron chi connectivity index (χ1n) is 5.91. The maximum Gasteiger partial charge on any atom is 0.329 e. The molecule has 0 aliphatic rings. The van der Waals surface area contributed by atoms with Gasteiger partial charge in [-0.1, -0.05) is 13.8 Å². The minimum atomic E-state index is -1.30. The largest absolute Gasteiger partial charge is 0.480 e. The minimum absolute atomic E-state index is 0.231. The van der Waals surface area contributed by atoms with Crippen LogP contribution in [0.2, 0.25) is 0 Å². The highest BCUT2D eigenvalue weighted by Gasteiger charge is 2.37. The van der Waals surface area contributed by atoms with E-state index in [1.807, 2.05) is 0 Å². The number of nitrogens with zero attached hydrogens (tertiary/aromatic N) is 1. The maximum absolute atomic E-state index is 11.9. The van der Waals surface area contributed by atoms with E-state index in [0.717, 1.165) is 0 Å². The number of nitrogens with two attached hydrogens (primary N) is 1. The quantitative estimate of drug-likeness (QED) is 0.603. The predicted octanol–water partition coefficient (Wildman–Crippen LogP) is 0.147. The number of hydrogen-bond donors (Lipinski definition) is 3. The lowest BCUT2D eigenvalue weighted by atomic mass is 9.93. The summed E-state index contributed by atoms with van der Waals surface area (Å²) in [5, 5.41) is 11.6. The lowest BCUT2D eigenvalue weighted by molar-refractivity contribution is -0.144. The van der Waals surface area contributed by atoms with Crippen molar-refractivity contribution in [3.8, 4) is 0 Å². The zero-order valence-electron chi connectivity index (χ0n) is 11.0. The number of carboxylic acid groups (broad SMARTS) is 1. The third-order valence-corrected chi connectivity index (χ3v) is 2.98. The Kier molecular flexibility index (Phi) is 6.15. The van der Waals surface area contributed by atoms with Crippen molar-refractivity contribution < 1.29 is 19.5 Å². The fourth-order valence-corrected chi connectivity index (χ4v) is 1.58. The molecule has 3 amide bonds. The van der Waals surface area contributed by atoms with Gasteiger partial charge in [-0.2, -0.15) is 0 Å². The van der Waals surface area contributed by atoms with Crippen LogP contribution in [-0.2, 0) is 9.59 Å². The smallest absolute Gasteiger partial charge is 0.329 e. The van der Waals surface area contributed by atoms with Crippen LogP contribution in [0.25, 0.3) is 0 Å². The zero-order chi connectivity index (χ0) is 14.3. The first-order valence-corrected chi connectivity index (χ1v) is 5.91. The van der Waals surface area contributed by atoms with Crippen LogP contribution in [0.1, 0.15) is 33.6 Å². The number of hydrogen-bond acceptors (Lipinski definition) is 3. The fraction of sp³-hybridized carbons (Fsp3) is 0.727. The first-order chi connectivity index (χ1) is 8.32. The Bertz CT molecular complexity index is 326. The molecule has 0 saturated heterocycles. The number of urea groups is 1. The van der Waals surface area contributed by atoms with E-state index in [1.165, 1.54) is 4.90 Å². The highest BCUT2D eigenvalue weighted by atomic mass is 16.4. The molecule has 0 atom stereocenters. The molecule has 0 saturated carbocycles. The molecule has 7 nitrogen and oxygen atoms in total. The molecule has 4 N–H and O–H groups in total. The normalized spacial score (nSPS) is 10.8. The third-order valence-electron chi connectivity index (χ3n) is 2.98. The van der Waals surface area contributed by atoms with Crippen LogP contribution in [-0.4, -0.2) is 46.5 Å². The highest BCUT2D eigenvalue weighted by Crippen LogP contribution is 2.15. The van der Waals surface area contributed by atoms with E-state index >= 15 is 0 Å². The minimum Gasteiger partial charge on any atom is -0.480 e. The van der Waals surface area contributed by atoms with Crippen molar-refractivity contribution in [2.24, 2.45) is 5.73 Å². The summed E-state index contributed by atoms with van der Waals surface area (Å²) in [6, 6.07) is -0.595. The monoisotopic (exact) mass is 259 g/mol. The van der Waals surface area contributed by atoms with Gasteiger partial charge in [-0.3, -0.25) is 4.79 Å². The molecule has 0 aliphatic carbocycles. The Balaban J connectivity index is 4.88. The van der Waals surface area contributed by atoms with Crippen LogP contribution in [0.5, 0.6) is 0 Å². The van der Waals surface area contributed by atoms with Crippen molar-refractivity contribution in [2.45, 2.75) is 39.2 Å². The molecule has 18 heavy (non-hydrogen) atoms. The standard InChI is InChI=1S/C11H21N3O4/c1-4-11(5-2,9(16)17)13-10(18)14(6-3)7-8(12)15/h4-7H2,1-3H3,(H2,12,15)(H,13,18)(H,16,17). The number of carbonyl (C=O) groups excluding carboxylic acids is 2. The van der Waals surface area contributed by atoms with Gasteiger partial charge in [0.2, 0.25) is 5.91 Å². The predicted molar refractivity (Wildman–Crippen MR) is 65.9 cm³/mol. The van der Waals surface area contributed by atoms with Crippen LogP contribution in [0, 0.1) is 0 Å². The molecular weight excluding hydrogens is 238 g/mol. The second-order valence-corrected chi connectivity index (χ2v) is 4.01. The van der Waals surface area contributed by atoms with E-state index in [0.29, 0.717) is 0 Å². The van der Waals surface area contributed by atoms with E-state index in [-0.39, 0.29) is 25.9 Å². The summed E-state index contributed by atoms with van der Waals surface area (Å²) in [6.45, 7) is 5.09. The lowest BCUT2D eigenvalue weighted by Gasteiger charge is -2.31. The lowest BCUT2D eigenvalue weighted by Crippen LogP contribution is -2.58. The van der Waals surface area contributed by atoms with Crippen molar-refractivity contribution in [1.29, 1.82) is 0 Å². The van der Waals surface area contributed by atoms with E-state index in [2.05, 4.69) is 5.32 Å². The molecular formula is C11H21N3O4. The Labute approximate surface area is 106 Å². The molecule has 0 bridgehead atoms. The topological polar surface area (TPSA) is 113 Å². The van der Waals surface area contributed by atoms with Crippen molar-refractivity contribution in [3.63, 3.8) is 0 Å². The Hall–Kier alpha value is -1.79. The van der Waals surface area contributed by atoms with Crippen LogP contribution in [0.3, 0.4) is 0 Å². The summed E-state index contributed by atoms with van der Waals surface area (Å²) < 4.78 is 0. The average molecular weight is 259 g/mol. The van der Waals surface area contributed by atoms with Crippen molar-refractivity contribution in [2.75, 3.05) is 13.1 Å². The number of amides is 3. The first kappa shape index (κ1) is 16.2. The number of carbonyl (C=O) groups is 3. The van der Waals surface area contributed by atoms with E-state index in [1.54, 1.807) is 20.8 Å². The summed E-state index contributed by atoms with van der Waals surface area (Å²) >= 11 is 0. The van der Waals surface area contributed by atoms with Gasteiger partial charge in [0, 0.05) is 6.54 Å². The van der Waals surface area contributed by atoms with Crippen LogP contribution >= 0.6 is 0 Å². The number of likely N-dealkylation sites (N-methyl/N-ethyl adjacent to an activating group) is 1. The zero-order valence-corrected chi connectivity index (χ0v) is 11.0. The van der Waals surface area contributed by atoms with Gasteiger partial charge in [0.05, 0.1) is 0 Å². The fourth-order valence-electron chi connectivity index (χ4n) is 1.58. The van der Waals surface area contributed by atoms with Gasteiger partial charge in [-0.15, -0.1) is 0 Å². The number of carboxylic acids is 1. The SMILES string of the molecule is CCN(CC(N)=O)C(=O)NC(CC)(CC)C(=O)O. The summed E-state index contributed by atoms with van der Waals surface area (Å²) in [6.07, 6.45) is 0.525. The maximum atomic E-state index is 11.9. The van der Waals surface area contributed by atoms with Crippen LogP contribution in [0.15, 0.2) is 0 Å². The van der Waals surface area contributed by atoms with E-state index in [4.69, 9.17) is 5.73 Å². The molecule has 0 aromatic heterocycles. The molecule has 0 radical (unpaired) electrons. The Morgan fingerprint density at radius 2 is 1.72 bits per heavy atom. The number of primary amides is 1. The van der Waals surface area contributed by atoms with E-state index < -0.39 is 23.4 Å². The van der Waals surface area contributed by atoms with Crippen molar-refractivity contribution in [3.05, 3.63) is 0 Å². The van der Waals surface area contributed by atoms with Gasteiger partial charge in [0.25, 0.3) is 0 Å². The molecule has 104 valence electrons. The highest BCUT2D eigenvalue weighted by molar-refractivity contribution is 5.88. The van der Waals surface area contributed by atoms with Gasteiger partial charge in [-0.05, 0) is 19.8 Å². The number of nitrogens with one attached hydrogen (secondary N) is 1. The molecule has 0 aromatic carbocycles. The Morgan fingerprint density at radius 3 is 2.00 bits per heavy atom. The summed E-state index contributed by atoms with van der Waals surface area (Å²) in [5.41, 5.74) is 3.71. The summed E-state index contributed by atoms with van der Waals surface area (Å²) in [4.78, 5) is 35.1. The van der Waals surface area contributed by atoms with Gasteiger partial charge in [0.1, 0.15) is 12.1 Å². The van der Waals surface area contributed by atoms with Crippen LogP contribution < -0.4 is 11.1 Å². The molecule has 7 heteroatoms. The summed E-state index contributed by atoms with van der Waals surface area (Å²) in [5.74, 6) is -1.73. The van der Waals surface area contributed by atoms with Gasteiger partial charge < -0.3 is 21.1 Å². The molecule has 0 aromatic rings. The van der Waals surface area contributed by atoms with Gasteiger partial charge >= 0.3 is 12.0 Å².